The Morgan fingerprint density at radius 2 is 1.90 bits per heavy atom. The van der Waals surface area contributed by atoms with Crippen LogP contribution in [0.3, 0.4) is 0 Å². The van der Waals surface area contributed by atoms with Gasteiger partial charge in [-0.25, -0.2) is 8.42 Å². The van der Waals surface area contributed by atoms with Gasteiger partial charge in [-0.05, 0) is 24.6 Å². The van der Waals surface area contributed by atoms with Crippen molar-refractivity contribution in [3.8, 4) is 0 Å². The van der Waals surface area contributed by atoms with Gasteiger partial charge < -0.3 is 5.32 Å². The second kappa shape index (κ2) is 6.62. The summed E-state index contributed by atoms with van der Waals surface area (Å²) in [6, 6.07) is 9.18. The molecule has 2 aromatic rings. The van der Waals surface area contributed by atoms with Gasteiger partial charge in [-0.15, -0.1) is 0 Å². The number of rotatable bonds is 7. The maximum Gasteiger partial charge on any atom is 0.229 e. The number of hydrogen-bond acceptors (Lipinski definition) is 4. The Labute approximate surface area is 125 Å². The second-order valence-electron chi connectivity index (χ2n) is 4.82. The van der Waals surface area contributed by atoms with Gasteiger partial charge in [0.15, 0.2) is 0 Å². The van der Waals surface area contributed by atoms with Gasteiger partial charge in [0, 0.05) is 12.7 Å². The van der Waals surface area contributed by atoms with Crippen molar-refractivity contribution in [2.75, 3.05) is 16.3 Å². The summed E-state index contributed by atoms with van der Waals surface area (Å²) in [6.07, 6.45) is 3.92. The molecule has 7 heteroatoms. The smallest absolute Gasteiger partial charge is 0.229 e. The third kappa shape index (κ3) is 4.49. The van der Waals surface area contributed by atoms with E-state index < -0.39 is 10.0 Å². The second-order valence-corrected chi connectivity index (χ2v) is 6.57. The Kier molecular flexibility index (Phi) is 4.85. The molecule has 0 aliphatic carbocycles. The number of aryl methyl sites for hydroxylation is 1. The molecular weight excluding hydrogens is 288 g/mol. The van der Waals surface area contributed by atoms with Crippen molar-refractivity contribution in [1.82, 2.24) is 9.78 Å². The van der Waals surface area contributed by atoms with E-state index in [2.05, 4.69) is 22.1 Å². The van der Waals surface area contributed by atoms with E-state index in [9.17, 15) is 8.42 Å². The van der Waals surface area contributed by atoms with E-state index in [0.29, 0.717) is 12.2 Å². The molecular formula is C14H20N4O2S. The third-order valence-electron chi connectivity index (χ3n) is 2.92. The van der Waals surface area contributed by atoms with Crippen LogP contribution in [0.5, 0.6) is 0 Å². The lowest BCUT2D eigenvalue weighted by Crippen LogP contribution is -2.13. The molecule has 1 heterocycles. The Morgan fingerprint density at radius 3 is 2.57 bits per heavy atom. The van der Waals surface area contributed by atoms with Crippen molar-refractivity contribution in [2.24, 2.45) is 0 Å². The molecule has 114 valence electrons. The van der Waals surface area contributed by atoms with Gasteiger partial charge >= 0.3 is 0 Å². The topological polar surface area (TPSA) is 76.0 Å². The lowest BCUT2D eigenvalue weighted by molar-refractivity contribution is 0.578. The molecule has 0 bridgehead atoms. The quantitative estimate of drug-likeness (QED) is 0.823. The number of nitrogens with zero attached hydrogens (tertiary/aromatic N) is 2. The van der Waals surface area contributed by atoms with Crippen LogP contribution >= 0.6 is 0 Å². The average Bonchev–Trinajstić information content (AvgIpc) is 2.84. The molecule has 0 unspecified atom stereocenters. The van der Waals surface area contributed by atoms with E-state index in [0.717, 1.165) is 30.6 Å². The molecule has 0 spiro atoms. The van der Waals surface area contributed by atoms with Crippen LogP contribution in [-0.4, -0.2) is 24.5 Å². The monoisotopic (exact) mass is 308 g/mol. The predicted octanol–water partition coefficient (Wildman–Crippen LogP) is 2.28. The lowest BCUT2D eigenvalue weighted by Gasteiger charge is -2.13. The molecule has 1 aromatic heterocycles. The molecule has 1 aromatic carbocycles. The minimum absolute atomic E-state index is 0.543. The Hall–Kier alpha value is -2.02. The summed E-state index contributed by atoms with van der Waals surface area (Å²) in [6.45, 7) is 3.56. The summed E-state index contributed by atoms with van der Waals surface area (Å²) in [7, 11) is -3.30. The summed E-state index contributed by atoms with van der Waals surface area (Å²) < 4.78 is 27.2. The molecule has 0 atom stereocenters. The number of aromatic nitrogens is 2. The largest absolute Gasteiger partial charge is 0.378 e. The zero-order valence-corrected chi connectivity index (χ0v) is 13.0. The summed E-state index contributed by atoms with van der Waals surface area (Å²) in [5.74, 6) is 0. The first kappa shape index (κ1) is 15.4. The lowest BCUT2D eigenvalue weighted by atomic mass is 10.2. The molecule has 0 saturated heterocycles. The standard InChI is InChI=1S/C14H20N4O2S/c1-3-10-18-12(8-9-16-18)11-15-13-6-4-5-7-14(13)17-21(2,19)20/h4-9,15,17H,3,10-11H2,1-2H3. The first-order chi connectivity index (χ1) is 9.99. The molecule has 2 rings (SSSR count). The van der Waals surface area contributed by atoms with Crippen molar-refractivity contribution >= 4 is 21.4 Å². The normalized spacial score (nSPS) is 11.3. The van der Waals surface area contributed by atoms with Crippen LogP contribution < -0.4 is 10.0 Å². The summed E-state index contributed by atoms with van der Waals surface area (Å²) in [5, 5.41) is 7.51. The van der Waals surface area contributed by atoms with Crippen molar-refractivity contribution in [2.45, 2.75) is 26.4 Å². The zero-order valence-electron chi connectivity index (χ0n) is 12.2. The fourth-order valence-corrected chi connectivity index (χ4v) is 2.61. The SMILES string of the molecule is CCCn1nccc1CNc1ccccc1NS(C)(=O)=O. The third-order valence-corrected chi connectivity index (χ3v) is 3.51. The van der Waals surface area contributed by atoms with Crippen LogP contribution in [0.25, 0.3) is 0 Å². The van der Waals surface area contributed by atoms with Crippen LogP contribution in [0, 0.1) is 0 Å². The number of nitrogens with one attached hydrogen (secondary N) is 2. The van der Waals surface area contributed by atoms with Gasteiger partial charge in [0.25, 0.3) is 0 Å². The van der Waals surface area contributed by atoms with Gasteiger partial charge in [-0.3, -0.25) is 9.40 Å². The highest BCUT2D eigenvalue weighted by molar-refractivity contribution is 7.92. The fourth-order valence-electron chi connectivity index (χ4n) is 2.04. The van der Waals surface area contributed by atoms with E-state index in [-0.39, 0.29) is 0 Å². The van der Waals surface area contributed by atoms with E-state index >= 15 is 0 Å². The minimum Gasteiger partial charge on any atom is -0.378 e. The van der Waals surface area contributed by atoms with E-state index in [1.165, 1.54) is 0 Å². The first-order valence-corrected chi connectivity index (χ1v) is 8.70. The number of sulfonamides is 1. The molecule has 21 heavy (non-hydrogen) atoms. The summed E-state index contributed by atoms with van der Waals surface area (Å²) in [4.78, 5) is 0. The average molecular weight is 308 g/mol. The van der Waals surface area contributed by atoms with Gasteiger partial charge in [-0.2, -0.15) is 5.10 Å². The molecule has 0 radical (unpaired) electrons. The highest BCUT2D eigenvalue weighted by Crippen LogP contribution is 2.22. The highest BCUT2D eigenvalue weighted by Gasteiger charge is 2.08. The molecule has 0 fully saturated rings. The number of hydrogen-bond donors (Lipinski definition) is 2. The van der Waals surface area contributed by atoms with Gasteiger partial charge in [0.1, 0.15) is 0 Å². The van der Waals surface area contributed by atoms with E-state index in [4.69, 9.17) is 0 Å². The number of benzene rings is 1. The molecule has 0 amide bonds. The van der Waals surface area contributed by atoms with Crippen LogP contribution in [0.1, 0.15) is 19.0 Å². The predicted molar refractivity (Wildman–Crippen MR) is 84.8 cm³/mol. The van der Waals surface area contributed by atoms with Crippen molar-refractivity contribution in [1.29, 1.82) is 0 Å². The van der Waals surface area contributed by atoms with Gasteiger partial charge in [0.2, 0.25) is 10.0 Å². The van der Waals surface area contributed by atoms with Crippen LogP contribution in [0.15, 0.2) is 36.5 Å². The Bertz CT molecular complexity index is 695. The molecule has 0 aliphatic rings. The molecule has 6 nitrogen and oxygen atoms in total. The zero-order chi connectivity index (χ0) is 15.3. The summed E-state index contributed by atoms with van der Waals surface area (Å²) >= 11 is 0. The molecule has 2 N–H and O–H groups in total. The Morgan fingerprint density at radius 1 is 1.19 bits per heavy atom. The highest BCUT2D eigenvalue weighted by atomic mass is 32.2. The van der Waals surface area contributed by atoms with Gasteiger partial charge in [-0.1, -0.05) is 19.1 Å². The van der Waals surface area contributed by atoms with Crippen molar-refractivity contribution in [3.05, 3.63) is 42.2 Å². The van der Waals surface area contributed by atoms with Crippen LogP contribution in [0.4, 0.5) is 11.4 Å². The Balaban J connectivity index is 2.11. The van der Waals surface area contributed by atoms with E-state index in [1.54, 1.807) is 18.3 Å². The van der Waals surface area contributed by atoms with Crippen molar-refractivity contribution < 1.29 is 8.42 Å². The number of anilines is 2. The maximum atomic E-state index is 11.4. The van der Waals surface area contributed by atoms with E-state index in [1.807, 2.05) is 22.9 Å². The van der Waals surface area contributed by atoms with Crippen LogP contribution in [0.2, 0.25) is 0 Å². The van der Waals surface area contributed by atoms with Gasteiger partial charge in [0.05, 0.1) is 29.9 Å². The fraction of sp³-hybridized carbons (Fsp3) is 0.357. The molecule has 0 aliphatic heterocycles. The maximum absolute atomic E-state index is 11.4. The van der Waals surface area contributed by atoms with Crippen LogP contribution in [-0.2, 0) is 23.1 Å². The first-order valence-electron chi connectivity index (χ1n) is 6.81. The summed E-state index contributed by atoms with van der Waals surface area (Å²) in [5.41, 5.74) is 2.35. The van der Waals surface area contributed by atoms with Crippen molar-refractivity contribution in [3.63, 3.8) is 0 Å². The molecule has 0 saturated carbocycles. The number of para-hydroxylation sites is 2. The minimum atomic E-state index is -3.30.